The molecule has 2 heterocycles. The van der Waals surface area contributed by atoms with E-state index in [0.717, 1.165) is 0 Å². The summed E-state index contributed by atoms with van der Waals surface area (Å²) in [4.78, 5) is 28.3. The zero-order valence-corrected chi connectivity index (χ0v) is 18.8. The van der Waals surface area contributed by atoms with E-state index in [9.17, 15) is 19.3 Å². The molecule has 1 fully saturated rings. The second kappa shape index (κ2) is 9.56. The predicted molar refractivity (Wildman–Crippen MR) is 120 cm³/mol. The van der Waals surface area contributed by atoms with Gasteiger partial charge in [0, 0.05) is 30.9 Å². The van der Waals surface area contributed by atoms with E-state index in [1.165, 1.54) is 18.2 Å². The van der Waals surface area contributed by atoms with Crippen LogP contribution in [0.4, 0.5) is 32.1 Å². The highest BCUT2D eigenvalue weighted by molar-refractivity contribution is 6.29. The second-order valence-corrected chi connectivity index (χ2v) is 8.84. The van der Waals surface area contributed by atoms with Crippen molar-refractivity contribution in [3.8, 4) is 0 Å². The van der Waals surface area contributed by atoms with Gasteiger partial charge in [0.15, 0.2) is 0 Å². The van der Waals surface area contributed by atoms with E-state index in [-0.39, 0.29) is 22.7 Å². The number of pyridine rings is 1. The second-order valence-electron chi connectivity index (χ2n) is 8.46. The van der Waals surface area contributed by atoms with Crippen LogP contribution in [0.25, 0.3) is 0 Å². The standard InChI is InChI=1S/C21H25ClFN5O4/c1-21(2,3)32-20(29)25-13-8-10-27(11-9-13)16-5-4-14(12-15(16)23)24-19-17(28(30)31)6-7-18(22)26-19/h4-7,12-13H,8-11H2,1-3H3,(H,24,26)(H,25,29). The van der Waals surface area contributed by atoms with Gasteiger partial charge in [0.1, 0.15) is 16.6 Å². The number of hydrogen-bond donors (Lipinski definition) is 2. The molecule has 1 aromatic carbocycles. The molecule has 0 aliphatic carbocycles. The number of halogens is 2. The number of rotatable bonds is 5. The van der Waals surface area contributed by atoms with Gasteiger partial charge >= 0.3 is 11.8 Å². The van der Waals surface area contributed by atoms with Crippen molar-refractivity contribution >= 4 is 40.6 Å². The quantitative estimate of drug-likeness (QED) is 0.362. The van der Waals surface area contributed by atoms with Gasteiger partial charge in [0.05, 0.1) is 10.6 Å². The van der Waals surface area contributed by atoms with Gasteiger partial charge in [-0.15, -0.1) is 0 Å². The van der Waals surface area contributed by atoms with Crippen molar-refractivity contribution in [3.63, 3.8) is 0 Å². The Morgan fingerprint density at radius 1 is 1.28 bits per heavy atom. The molecule has 1 aromatic heterocycles. The molecule has 1 amide bonds. The number of carbonyl (C=O) groups excluding carboxylic acids is 1. The molecular weight excluding hydrogens is 441 g/mol. The summed E-state index contributed by atoms with van der Waals surface area (Å²) < 4.78 is 20.1. The Balaban J connectivity index is 1.63. The minimum atomic E-state index is -0.591. The Morgan fingerprint density at radius 2 is 1.97 bits per heavy atom. The highest BCUT2D eigenvalue weighted by Gasteiger charge is 2.25. The zero-order valence-electron chi connectivity index (χ0n) is 18.0. The number of hydrogen-bond acceptors (Lipinski definition) is 7. The summed E-state index contributed by atoms with van der Waals surface area (Å²) in [6, 6.07) is 6.99. The molecule has 2 aromatic rings. The molecule has 11 heteroatoms. The summed E-state index contributed by atoms with van der Waals surface area (Å²) in [7, 11) is 0. The van der Waals surface area contributed by atoms with Crippen molar-refractivity contribution in [1.82, 2.24) is 10.3 Å². The van der Waals surface area contributed by atoms with Crippen molar-refractivity contribution < 1.29 is 18.8 Å². The monoisotopic (exact) mass is 465 g/mol. The first kappa shape index (κ1) is 23.5. The molecule has 0 bridgehead atoms. The van der Waals surface area contributed by atoms with E-state index in [2.05, 4.69) is 15.6 Å². The van der Waals surface area contributed by atoms with Crippen LogP contribution >= 0.6 is 11.6 Å². The molecule has 0 radical (unpaired) electrons. The Morgan fingerprint density at radius 3 is 2.56 bits per heavy atom. The molecule has 172 valence electrons. The Hall–Kier alpha value is -3.14. The first-order valence-electron chi connectivity index (χ1n) is 10.1. The van der Waals surface area contributed by atoms with Crippen LogP contribution < -0.4 is 15.5 Å². The maximum absolute atomic E-state index is 14.8. The summed E-state index contributed by atoms with van der Waals surface area (Å²) in [6.45, 7) is 6.53. The number of nitrogens with one attached hydrogen (secondary N) is 2. The lowest BCUT2D eigenvalue weighted by Crippen LogP contribution is -2.46. The summed E-state index contributed by atoms with van der Waals surface area (Å²) in [6.07, 6.45) is 0.843. The van der Waals surface area contributed by atoms with Crippen LogP contribution in [0.2, 0.25) is 5.15 Å². The van der Waals surface area contributed by atoms with Crippen molar-refractivity contribution in [2.24, 2.45) is 0 Å². The van der Waals surface area contributed by atoms with Crippen molar-refractivity contribution in [2.75, 3.05) is 23.3 Å². The molecule has 0 spiro atoms. The fraction of sp³-hybridized carbons (Fsp3) is 0.429. The van der Waals surface area contributed by atoms with E-state index in [0.29, 0.717) is 37.3 Å². The number of carbonyl (C=O) groups is 1. The van der Waals surface area contributed by atoms with Crippen LogP contribution in [0.3, 0.4) is 0 Å². The fourth-order valence-electron chi connectivity index (χ4n) is 3.38. The van der Waals surface area contributed by atoms with Crippen LogP contribution in [-0.4, -0.2) is 40.7 Å². The van der Waals surface area contributed by atoms with Gasteiger partial charge in [-0.1, -0.05) is 11.6 Å². The number of aromatic nitrogens is 1. The van der Waals surface area contributed by atoms with Crippen LogP contribution in [0.5, 0.6) is 0 Å². The van der Waals surface area contributed by atoms with Crippen molar-refractivity contribution in [3.05, 3.63) is 51.4 Å². The molecule has 1 aliphatic rings. The SMILES string of the molecule is CC(C)(C)OC(=O)NC1CCN(c2ccc(Nc3nc(Cl)ccc3[N+](=O)[O-])cc2F)CC1. The number of ether oxygens (including phenoxy) is 1. The minimum Gasteiger partial charge on any atom is -0.444 e. The van der Waals surface area contributed by atoms with E-state index in [1.807, 2.05) is 4.90 Å². The van der Waals surface area contributed by atoms with Gasteiger partial charge in [-0.05, 0) is 57.9 Å². The molecule has 2 N–H and O–H groups in total. The topological polar surface area (TPSA) is 110 Å². The van der Waals surface area contributed by atoms with Gasteiger partial charge in [-0.3, -0.25) is 10.1 Å². The van der Waals surface area contributed by atoms with Crippen molar-refractivity contribution in [2.45, 2.75) is 45.3 Å². The summed E-state index contributed by atoms with van der Waals surface area (Å²) >= 11 is 5.83. The third-order valence-electron chi connectivity index (χ3n) is 4.80. The number of benzene rings is 1. The van der Waals surface area contributed by atoms with E-state index >= 15 is 0 Å². The molecule has 1 aliphatic heterocycles. The third kappa shape index (κ3) is 6.19. The lowest BCUT2D eigenvalue weighted by atomic mass is 10.0. The van der Waals surface area contributed by atoms with Crippen molar-refractivity contribution in [1.29, 1.82) is 0 Å². The molecule has 32 heavy (non-hydrogen) atoms. The minimum absolute atomic E-state index is 0.0421. The number of amides is 1. The molecule has 1 saturated heterocycles. The molecule has 0 unspecified atom stereocenters. The molecule has 9 nitrogen and oxygen atoms in total. The first-order valence-corrected chi connectivity index (χ1v) is 10.5. The van der Waals surface area contributed by atoms with Crippen LogP contribution in [0.1, 0.15) is 33.6 Å². The number of anilines is 3. The molecule has 0 atom stereocenters. The normalized spacial score (nSPS) is 14.7. The lowest BCUT2D eigenvalue weighted by Gasteiger charge is -2.34. The molecule has 0 saturated carbocycles. The van der Waals surface area contributed by atoms with Crippen LogP contribution in [0.15, 0.2) is 30.3 Å². The Kier molecular flexibility index (Phi) is 7.02. The highest BCUT2D eigenvalue weighted by Crippen LogP contribution is 2.30. The summed E-state index contributed by atoms with van der Waals surface area (Å²) in [5.41, 5.74) is -0.103. The fourth-order valence-corrected chi connectivity index (χ4v) is 3.53. The van der Waals surface area contributed by atoms with E-state index in [1.54, 1.807) is 32.9 Å². The average molecular weight is 466 g/mol. The van der Waals surface area contributed by atoms with Crippen LogP contribution in [0, 0.1) is 15.9 Å². The average Bonchev–Trinajstić information content (AvgIpc) is 2.67. The summed E-state index contributed by atoms with van der Waals surface area (Å²) in [5, 5.41) is 16.9. The Bertz CT molecular complexity index is 1010. The van der Waals surface area contributed by atoms with E-state index in [4.69, 9.17) is 16.3 Å². The molecule has 3 rings (SSSR count). The predicted octanol–water partition coefficient (Wildman–Crippen LogP) is 5.02. The smallest absolute Gasteiger partial charge is 0.407 e. The van der Waals surface area contributed by atoms with Gasteiger partial charge in [0.2, 0.25) is 5.82 Å². The number of nitrogens with zero attached hydrogens (tertiary/aromatic N) is 3. The largest absolute Gasteiger partial charge is 0.444 e. The number of nitro groups is 1. The van der Waals surface area contributed by atoms with Crippen LogP contribution in [-0.2, 0) is 4.74 Å². The number of alkyl carbamates (subject to hydrolysis) is 1. The van der Waals surface area contributed by atoms with Gasteiger partial charge in [0.25, 0.3) is 0 Å². The maximum Gasteiger partial charge on any atom is 0.407 e. The Labute approximate surface area is 190 Å². The number of piperidine rings is 1. The first-order chi connectivity index (χ1) is 15.0. The highest BCUT2D eigenvalue weighted by atomic mass is 35.5. The van der Waals surface area contributed by atoms with E-state index < -0.39 is 22.4 Å². The molecular formula is C21H25ClFN5O4. The summed E-state index contributed by atoms with van der Waals surface area (Å²) in [5.74, 6) is -0.540. The maximum atomic E-state index is 14.8. The lowest BCUT2D eigenvalue weighted by molar-refractivity contribution is -0.384. The van der Waals surface area contributed by atoms with Gasteiger partial charge < -0.3 is 20.3 Å². The van der Waals surface area contributed by atoms with Gasteiger partial charge in [-0.25, -0.2) is 14.2 Å². The third-order valence-corrected chi connectivity index (χ3v) is 5.01. The zero-order chi connectivity index (χ0) is 23.5. The van der Waals surface area contributed by atoms with Gasteiger partial charge in [-0.2, -0.15) is 0 Å².